The van der Waals surface area contributed by atoms with Crippen molar-refractivity contribution in [2.45, 2.75) is 19.9 Å². The molecule has 0 atom stereocenters. The Balaban J connectivity index is 2.68. The summed E-state index contributed by atoms with van der Waals surface area (Å²) in [6.07, 6.45) is 1.44. The lowest BCUT2D eigenvalue weighted by Crippen LogP contribution is -2.33. The van der Waals surface area contributed by atoms with Crippen LogP contribution in [0.4, 0.5) is 5.69 Å². The molecule has 7 heteroatoms. The number of anilines is 1. The van der Waals surface area contributed by atoms with Gasteiger partial charge in [-0.15, -0.1) is 0 Å². The smallest absolute Gasteiger partial charge is 0.322 e. The maximum atomic E-state index is 12.5. The molecular formula is C15H17N3O4. The van der Waals surface area contributed by atoms with Crippen LogP contribution in [0.5, 0.6) is 0 Å². The molecule has 1 aromatic heterocycles. The Labute approximate surface area is 126 Å². The molecule has 0 saturated carbocycles. The zero-order valence-corrected chi connectivity index (χ0v) is 12.3. The van der Waals surface area contributed by atoms with Crippen LogP contribution in [-0.2, 0) is 4.79 Å². The number of aliphatic carboxylic acids is 1. The average molecular weight is 303 g/mol. The second kappa shape index (κ2) is 5.88. The normalized spacial score (nSPS) is 10.9. The van der Waals surface area contributed by atoms with Crippen LogP contribution >= 0.6 is 0 Å². The van der Waals surface area contributed by atoms with E-state index in [9.17, 15) is 14.4 Å². The van der Waals surface area contributed by atoms with Crippen LogP contribution in [0.25, 0.3) is 10.9 Å². The van der Waals surface area contributed by atoms with Gasteiger partial charge >= 0.3 is 5.97 Å². The molecule has 0 aliphatic heterocycles. The quantitative estimate of drug-likeness (QED) is 0.728. The van der Waals surface area contributed by atoms with Crippen molar-refractivity contribution < 1.29 is 14.7 Å². The fraction of sp³-hybridized carbons (Fsp3) is 0.267. The molecule has 22 heavy (non-hydrogen) atoms. The highest BCUT2D eigenvalue weighted by molar-refractivity contribution is 6.00. The first kappa shape index (κ1) is 15.6. The number of hydrogen-bond acceptors (Lipinski definition) is 4. The number of hydrogen-bond donors (Lipinski definition) is 3. The summed E-state index contributed by atoms with van der Waals surface area (Å²) in [5, 5.41) is 11.1. The number of amides is 1. The predicted octanol–water partition coefficient (Wildman–Crippen LogP) is 0.979. The van der Waals surface area contributed by atoms with E-state index in [0.717, 1.165) is 0 Å². The van der Waals surface area contributed by atoms with E-state index in [2.05, 4.69) is 5.32 Å². The van der Waals surface area contributed by atoms with Gasteiger partial charge in [0.25, 0.3) is 5.91 Å². The van der Waals surface area contributed by atoms with Gasteiger partial charge < -0.3 is 20.7 Å². The fourth-order valence-corrected chi connectivity index (χ4v) is 2.26. The Bertz CT molecular complexity index is 808. The molecule has 2 rings (SSSR count). The molecule has 116 valence electrons. The first-order chi connectivity index (χ1) is 10.3. The second-order valence-corrected chi connectivity index (χ2v) is 5.19. The highest BCUT2D eigenvalue weighted by Gasteiger charge is 2.18. The van der Waals surface area contributed by atoms with Crippen LogP contribution < -0.4 is 16.5 Å². The number of fused-ring (bicyclic) bond motifs is 1. The number of carbonyl (C=O) groups is 2. The van der Waals surface area contributed by atoms with Crippen molar-refractivity contribution in [3.8, 4) is 0 Å². The minimum Gasteiger partial charge on any atom is -0.480 e. The third kappa shape index (κ3) is 2.78. The first-order valence-corrected chi connectivity index (χ1v) is 6.76. The summed E-state index contributed by atoms with van der Waals surface area (Å²) < 4.78 is 1.77. The third-order valence-electron chi connectivity index (χ3n) is 3.29. The summed E-state index contributed by atoms with van der Waals surface area (Å²) in [7, 11) is 0. The Morgan fingerprint density at radius 3 is 2.64 bits per heavy atom. The van der Waals surface area contributed by atoms with Crippen LogP contribution in [0.1, 0.15) is 30.2 Å². The Kier molecular flexibility index (Phi) is 4.16. The minimum atomic E-state index is -1.18. The number of nitrogens with zero attached hydrogens (tertiary/aromatic N) is 1. The number of nitrogen functional groups attached to an aromatic ring is 1. The number of aromatic nitrogens is 1. The van der Waals surface area contributed by atoms with Crippen molar-refractivity contribution in [2.24, 2.45) is 0 Å². The van der Waals surface area contributed by atoms with Gasteiger partial charge in [-0.05, 0) is 26.0 Å². The summed E-state index contributed by atoms with van der Waals surface area (Å²) in [5.41, 5.74) is 6.16. The van der Waals surface area contributed by atoms with E-state index in [1.807, 2.05) is 13.8 Å². The van der Waals surface area contributed by atoms with Gasteiger partial charge in [0.05, 0.1) is 10.9 Å². The molecule has 1 amide bonds. The molecule has 1 heterocycles. The molecule has 0 radical (unpaired) electrons. The lowest BCUT2D eigenvalue weighted by atomic mass is 10.1. The van der Waals surface area contributed by atoms with E-state index < -0.39 is 23.9 Å². The molecule has 0 unspecified atom stereocenters. The molecule has 7 nitrogen and oxygen atoms in total. The Hall–Kier alpha value is -2.83. The third-order valence-corrected chi connectivity index (χ3v) is 3.29. The van der Waals surface area contributed by atoms with Crippen molar-refractivity contribution >= 4 is 28.5 Å². The van der Waals surface area contributed by atoms with E-state index >= 15 is 0 Å². The van der Waals surface area contributed by atoms with E-state index in [0.29, 0.717) is 5.52 Å². The maximum Gasteiger partial charge on any atom is 0.322 e. The number of carboxylic acid groups (broad SMARTS) is 1. The van der Waals surface area contributed by atoms with Gasteiger partial charge in [0.2, 0.25) is 5.43 Å². The van der Waals surface area contributed by atoms with Crippen molar-refractivity contribution in [1.82, 2.24) is 9.88 Å². The van der Waals surface area contributed by atoms with Crippen molar-refractivity contribution in [3.05, 3.63) is 40.2 Å². The number of carbonyl (C=O) groups excluding carboxylic acids is 1. The maximum absolute atomic E-state index is 12.5. The summed E-state index contributed by atoms with van der Waals surface area (Å²) in [6, 6.07) is 5.08. The lowest BCUT2D eigenvalue weighted by Gasteiger charge is -2.17. The summed E-state index contributed by atoms with van der Waals surface area (Å²) in [6.45, 7) is 3.26. The molecule has 0 aliphatic rings. The van der Waals surface area contributed by atoms with Crippen LogP contribution in [0, 0.1) is 0 Å². The Morgan fingerprint density at radius 1 is 1.36 bits per heavy atom. The minimum absolute atomic E-state index is 0.00377. The first-order valence-electron chi connectivity index (χ1n) is 6.76. The number of nitrogens with one attached hydrogen (secondary N) is 1. The summed E-state index contributed by atoms with van der Waals surface area (Å²) >= 11 is 0. The van der Waals surface area contributed by atoms with E-state index in [4.69, 9.17) is 10.8 Å². The molecule has 2 aromatic rings. The van der Waals surface area contributed by atoms with Crippen LogP contribution in [-0.4, -0.2) is 28.1 Å². The van der Waals surface area contributed by atoms with Gasteiger partial charge in [-0.1, -0.05) is 6.07 Å². The number of carboxylic acids is 1. The molecular weight excluding hydrogens is 286 g/mol. The van der Waals surface area contributed by atoms with Gasteiger partial charge in [-0.2, -0.15) is 0 Å². The van der Waals surface area contributed by atoms with E-state index in [-0.39, 0.29) is 22.7 Å². The number of rotatable bonds is 4. The lowest BCUT2D eigenvalue weighted by molar-refractivity contribution is -0.135. The van der Waals surface area contributed by atoms with Crippen molar-refractivity contribution in [1.29, 1.82) is 0 Å². The van der Waals surface area contributed by atoms with Gasteiger partial charge in [-0.25, -0.2) is 0 Å². The molecule has 0 bridgehead atoms. The monoisotopic (exact) mass is 303 g/mol. The molecule has 0 fully saturated rings. The highest BCUT2D eigenvalue weighted by Crippen LogP contribution is 2.21. The molecule has 1 aromatic carbocycles. The highest BCUT2D eigenvalue weighted by atomic mass is 16.4. The predicted molar refractivity (Wildman–Crippen MR) is 83.0 cm³/mol. The van der Waals surface area contributed by atoms with Gasteiger partial charge in [0.1, 0.15) is 12.1 Å². The van der Waals surface area contributed by atoms with Crippen LogP contribution in [0.3, 0.4) is 0 Å². The fourth-order valence-electron chi connectivity index (χ4n) is 2.26. The topological polar surface area (TPSA) is 114 Å². The van der Waals surface area contributed by atoms with E-state index in [1.54, 1.807) is 22.8 Å². The number of nitrogens with two attached hydrogens (primary N) is 1. The zero-order valence-electron chi connectivity index (χ0n) is 12.3. The van der Waals surface area contributed by atoms with Gasteiger partial charge in [-0.3, -0.25) is 14.4 Å². The zero-order chi connectivity index (χ0) is 16.4. The van der Waals surface area contributed by atoms with Crippen LogP contribution in [0.15, 0.2) is 29.2 Å². The van der Waals surface area contributed by atoms with Crippen molar-refractivity contribution in [3.63, 3.8) is 0 Å². The van der Waals surface area contributed by atoms with Crippen molar-refractivity contribution in [2.75, 3.05) is 12.3 Å². The Morgan fingerprint density at radius 2 is 2.05 bits per heavy atom. The SMILES string of the molecule is CC(C)n1cc(C(=O)NCC(=O)O)c(=O)c2c(N)cccc21. The van der Waals surface area contributed by atoms with E-state index in [1.165, 1.54) is 6.20 Å². The van der Waals surface area contributed by atoms with Crippen LogP contribution in [0.2, 0.25) is 0 Å². The number of benzene rings is 1. The molecule has 0 aliphatic carbocycles. The summed E-state index contributed by atoms with van der Waals surface area (Å²) in [5.74, 6) is -1.91. The summed E-state index contributed by atoms with van der Waals surface area (Å²) in [4.78, 5) is 35.1. The van der Waals surface area contributed by atoms with Gasteiger partial charge in [0.15, 0.2) is 0 Å². The molecule has 0 spiro atoms. The largest absolute Gasteiger partial charge is 0.480 e. The molecule has 0 saturated heterocycles. The second-order valence-electron chi connectivity index (χ2n) is 5.19. The average Bonchev–Trinajstić information content (AvgIpc) is 2.44. The molecule has 4 N–H and O–H groups in total. The van der Waals surface area contributed by atoms with Gasteiger partial charge in [0, 0.05) is 17.9 Å². The number of pyridine rings is 1. The standard InChI is InChI=1S/C15H17N3O4/c1-8(2)18-7-9(15(22)17-6-12(19)20)14(21)13-10(16)4-3-5-11(13)18/h3-5,7-8H,6,16H2,1-2H3,(H,17,22)(H,19,20).